The molecule has 2 aromatic heterocycles. The summed E-state index contributed by atoms with van der Waals surface area (Å²) in [6, 6.07) is 2.49. The molecule has 4 aliphatic carbocycles. The van der Waals surface area contributed by atoms with E-state index < -0.39 is 5.60 Å². The molecular formula is C20H24N4O2. The van der Waals surface area contributed by atoms with Crippen LogP contribution < -0.4 is 5.32 Å². The van der Waals surface area contributed by atoms with Crippen molar-refractivity contribution >= 4 is 22.6 Å². The van der Waals surface area contributed by atoms with Crippen molar-refractivity contribution in [1.29, 1.82) is 0 Å². The Bertz CT molecular complexity index is 888. The zero-order valence-corrected chi connectivity index (χ0v) is 14.7. The van der Waals surface area contributed by atoms with E-state index in [0.717, 1.165) is 41.5 Å². The Morgan fingerprint density at radius 2 is 2.08 bits per heavy atom. The number of anilines is 1. The van der Waals surface area contributed by atoms with Crippen molar-refractivity contribution in [3.8, 4) is 0 Å². The summed E-state index contributed by atoms with van der Waals surface area (Å²) in [7, 11) is 0. The third-order valence-electron chi connectivity index (χ3n) is 6.95. The molecule has 0 saturated heterocycles. The Hall–Kier alpha value is -2.08. The van der Waals surface area contributed by atoms with Gasteiger partial charge in [0.15, 0.2) is 0 Å². The molecule has 4 bridgehead atoms. The number of hydrogen-bond acceptors (Lipinski definition) is 5. The normalized spacial score (nSPS) is 37.8. The van der Waals surface area contributed by atoms with Crippen molar-refractivity contribution in [2.75, 3.05) is 18.5 Å². The van der Waals surface area contributed by atoms with Gasteiger partial charge in [-0.3, -0.25) is 0 Å². The monoisotopic (exact) mass is 352 g/mol. The summed E-state index contributed by atoms with van der Waals surface area (Å²) in [5.41, 5.74) is 2.53. The molecule has 3 N–H and O–H groups in total. The molecule has 136 valence electrons. The first-order valence-corrected chi connectivity index (χ1v) is 9.81. The number of H-pyrrole nitrogens is 1. The maximum atomic E-state index is 10.9. The number of ether oxygens (including phenoxy) is 1. The van der Waals surface area contributed by atoms with Crippen molar-refractivity contribution < 1.29 is 9.84 Å². The molecule has 3 heterocycles. The van der Waals surface area contributed by atoms with E-state index >= 15 is 0 Å². The van der Waals surface area contributed by atoms with Gasteiger partial charge in [0.25, 0.3) is 0 Å². The minimum atomic E-state index is -0.405. The fourth-order valence-electron chi connectivity index (χ4n) is 6.21. The lowest BCUT2D eigenvalue weighted by atomic mass is 9.52. The third-order valence-corrected chi connectivity index (χ3v) is 6.95. The highest BCUT2D eigenvalue weighted by atomic mass is 16.5. The maximum absolute atomic E-state index is 10.9. The number of aliphatic imine (C=N–C) groups is 1. The highest BCUT2D eigenvalue weighted by molar-refractivity contribution is 6.07. The predicted octanol–water partition coefficient (Wildman–Crippen LogP) is 2.69. The van der Waals surface area contributed by atoms with Crippen LogP contribution >= 0.6 is 0 Å². The first-order valence-electron chi connectivity index (χ1n) is 9.81. The highest BCUT2D eigenvalue weighted by Gasteiger charge is 2.54. The Kier molecular flexibility index (Phi) is 3.02. The van der Waals surface area contributed by atoms with Gasteiger partial charge in [0.1, 0.15) is 12.3 Å². The first-order chi connectivity index (χ1) is 12.7. The van der Waals surface area contributed by atoms with Gasteiger partial charge in [-0.15, -0.1) is 0 Å². The van der Waals surface area contributed by atoms with E-state index in [9.17, 15) is 5.11 Å². The zero-order chi connectivity index (χ0) is 17.3. The molecule has 2 aromatic rings. The van der Waals surface area contributed by atoms with Gasteiger partial charge in [-0.1, -0.05) is 0 Å². The minimum Gasteiger partial charge on any atom is -0.475 e. The van der Waals surface area contributed by atoms with E-state index in [2.05, 4.69) is 26.3 Å². The van der Waals surface area contributed by atoms with Gasteiger partial charge >= 0.3 is 0 Å². The van der Waals surface area contributed by atoms with Crippen LogP contribution in [0.5, 0.6) is 0 Å². The van der Waals surface area contributed by atoms with Gasteiger partial charge in [-0.2, -0.15) is 0 Å². The number of rotatable bonds is 3. The van der Waals surface area contributed by atoms with E-state index in [-0.39, 0.29) is 0 Å². The van der Waals surface area contributed by atoms with Crippen LogP contribution in [-0.2, 0) is 4.74 Å². The SMILES string of the molecule is O[C@]12CC3CC(C1)[C@H](Nc1c(C4=NCCO4)cnc4[nH]ccc14)C(C3)C2. The Morgan fingerprint density at radius 3 is 2.81 bits per heavy atom. The lowest BCUT2D eigenvalue weighted by Gasteiger charge is -2.58. The standard InChI is InChI=1S/C20H24N4O2/c25-20-7-11-5-12(8-20)16(13(6-11)9-20)24-17-14-1-2-21-18(14)23-10-15(17)19-22-3-4-26-19/h1-2,10-13,16,25H,3-9H2,(H2,21,23,24)/t11?,12?,13?,16-,20+. The molecule has 6 heteroatoms. The number of aromatic nitrogens is 2. The molecule has 4 fully saturated rings. The number of nitrogens with zero attached hydrogens (tertiary/aromatic N) is 2. The fourth-order valence-corrected chi connectivity index (χ4v) is 6.21. The summed E-state index contributed by atoms with van der Waals surface area (Å²) in [6.45, 7) is 1.35. The molecule has 1 aliphatic heterocycles. The van der Waals surface area contributed by atoms with Crippen LogP contribution in [0, 0.1) is 17.8 Å². The maximum Gasteiger partial charge on any atom is 0.220 e. The highest BCUT2D eigenvalue weighted by Crippen LogP contribution is 2.56. The van der Waals surface area contributed by atoms with Crippen LogP contribution in [0.25, 0.3) is 11.0 Å². The average Bonchev–Trinajstić information content (AvgIpc) is 3.27. The number of fused-ring (bicyclic) bond motifs is 1. The summed E-state index contributed by atoms with van der Waals surface area (Å²) in [5, 5.41) is 15.8. The first kappa shape index (κ1) is 15.0. The van der Waals surface area contributed by atoms with Crippen molar-refractivity contribution in [2.24, 2.45) is 22.7 Å². The molecule has 26 heavy (non-hydrogen) atoms. The van der Waals surface area contributed by atoms with Crippen molar-refractivity contribution in [3.05, 3.63) is 24.0 Å². The predicted molar refractivity (Wildman–Crippen MR) is 99.4 cm³/mol. The Morgan fingerprint density at radius 1 is 1.23 bits per heavy atom. The molecule has 4 saturated carbocycles. The molecule has 6 nitrogen and oxygen atoms in total. The Labute approximate surface area is 152 Å². The molecule has 7 rings (SSSR count). The van der Waals surface area contributed by atoms with E-state index in [4.69, 9.17) is 4.74 Å². The van der Waals surface area contributed by atoms with Crippen molar-refractivity contribution in [2.45, 2.75) is 43.7 Å². The second-order valence-corrected chi connectivity index (χ2v) is 8.69. The van der Waals surface area contributed by atoms with E-state index in [1.807, 2.05) is 12.4 Å². The van der Waals surface area contributed by atoms with Gasteiger partial charge in [-0.25, -0.2) is 9.98 Å². The molecule has 0 radical (unpaired) electrons. The van der Waals surface area contributed by atoms with Crippen LogP contribution in [0.3, 0.4) is 0 Å². The summed E-state index contributed by atoms with van der Waals surface area (Å²) >= 11 is 0. The lowest BCUT2D eigenvalue weighted by molar-refractivity contribution is -0.129. The summed E-state index contributed by atoms with van der Waals surface area (Å²) in [5.74, 6) is 2.51. The molecule has 5 aliphatic rings. The zero-order valence-electron chi connectivity index (χ0n) is 14.7. The number of aromatic amines is 1. The smallest absolute Gasteiger partial charge is 0.220 e. The molecule has 2 atom stereocenters. The summed E-state index contributed by atoms with van der Waals surface area (Å²) in [6.07, 6.45) is 9.17. The number of nitrogens with one attached hydrogen (secondary N) is 2. The van der Waals surface area contributed by atoms with E-state index in [0.29, 0.717) is 42.8 Å². The van der Waals surface area contributed by atoms with Gasteiger partial charge in [0.05, 0.1) is 23.4 Å². The summed E-state index contributed by atoms with van der Waals surface area (Å²) in [4.78, 5) is 12.3. The number of hydrogen-bond donors (Lipinski definition) is 3. The number of aliphatic hydroxyl groups is 1. The van der Waals surface area contributed by atoms with Crippen LogP contribution in [0.2, 0.25) is 0 Å². The average molecular weight is 352 g/mol. The molecule has 2 unspecified atom stereocenters. The topological polar surface area (TPSA) is 82.5 Å². The van der Waals surface area contributed by atoms with E-state index in [1.165, 1.54) is 12.8 Å². The summed E-state index contributed by atoms with van der Waals surface area (Å²) < 4.78 is 5.75. The van der Waals surface area contributed by atoms with Gasteiger partial charge < -0.3 is 20.1 Å². The molecule has 0 spiro atoms. The van der Waals surface area contributed by atoms with Crippen LogP contribution in [0.15, 0.2) is 23.5 Å². The van der Waals surface area contributed by atoms with Crippen LogP contribution in [0.1, 0.15) is 37.7 Å². The van der Waals surface area contributed by atoms with E-state index in [1.54, 1.807) is 0 Å². The quantitative estimate of drug-likeness (QED) is 0.793. The van der Waals surface area contributed by atoms with Crippen molar-refractivity contribution in [1.82, 2.24) is 9.97 Å². The minimum absolute atomic E-state index is 0.405. The second kappa shape index (κ2) is 5.22. The van der Waals surface area contributed by atoms with Gasteiger partial charge in [-0.05, 0) is 55.9 Å². The molecule has 0 amide bonds. The number of pyridine rings is 1. The lowest BCUT2D eigenvalue weighted by Crippen LogP contribution is -2.59. The molecule has 0 aromatic carbocycles. The molecular weight excluding hydrogens is 328 g/mol. The van der Waals surface area contributed by atoms with Crippen LogP contribution in [-0.4, -0.2) is 45.8 Å². The van der Waals surface area contributed by atoms with Gasteiger partial charge in [0.2, 0.25) is 5.90 Å². The third kappa shape index (κ3) is 2.14. The van der Waals surface area contributed by atoms with Crippen LogP contribution in [0.4, 0.5) is 5.69 Å². The van der Waals surface area contributed by atoms with Crippen molar-refractivity contribution in [3.63, 3.8) is 0 Å². The Balaban J connectivity index is 1.41. The largest absolute Gasteiger partial charge is 0.475 e. The fraction of sp³-hybridized carbons (Fsp3) is 0.600. The second-order valence-electron chi connectivity index (χ2n) is 8.69. The van der Waals surface area contributed by atoms with Gasteiger partial charge in [0, 0.05) is 23.8 Å².